The van der Waals surface area contributed by atoms with E-state index in [2.05, 4.69) is 42.0 Å². The lowest BCUT2D eigenvalue weighted by atomic mass is 9.97. The summed E-state index contributed by atoms with van der Waals surface area (Å²) in [4.78, 5) is 0. The minimum absolute atomic E-state index is 0.259. The average molecular weight is 257 g/mol. The van der Waals surface area contributed by atoms with E-state index in [0.717, 1.165) is 22.4 Å². The van der Waals surface area contributed by atoms with E-state index < -0.39 is 0 Å². The molecule has 0 aliphatic carbocycles. The van der Waals surface area contributed by atoms with Crippen LogP contribution in [0.2, 0.25) is 0 Å². The van der Waals surface area contributed by atoms with Crippen LogP contribution in [0.4, 0.5) is 11.4 Å². The maximum absolute atomic E-state index is 5.90. The first-order chi connectivity index (χ1) is 6.40. The van der Waals surface area contributed by atoms with Gasteiger partial charge in [0, 0.05) is 11.0 Å². The molecule has 0 aliphatic rings. The van der Waals surface area contributed by atoms with E-state index in [-0.39, 0.29) is 5.41 Å². The Hall–Kier alpha value is -0.700. The van der Waals surface area contributed by atoms with Crippen LogP contribution in [0.3, 0.4) is 0 Å². The fraction of sp³-hybridized carbons (Fsp3) is 0.455. The van der Waals surface area contributed by atoms with Crippen LogP contribution in [0.5, 0.6) is 0 Å². The molecular formula is C11H17BrN2. The Kier molecular flexibility index (Phi) is 3.43. The van der Waals surface area contributed by atoms with Gasteiger partial charge in [0.05, 0.1) is 11.4 Å². The van der Waals surface area contributed by atoms with Gasteiger partial charge in [0.15, 0.2) is 0 Å². The van der Waals surface area contributed by atoms with Gasteiger partial charge in [-0.15, -0.1) is 0 Å². The quantitative estimate of drug-likeness (QED) is 0.796. The molecule has 1 aromatic rings. The normalized spacial score (nSPS) is 11.4. The molecule has 0 fully saturated rings. The predicted molar refractivity (Wildman–Crippen MR) is 66.5 cm³/mol. The Morgan fingerprint density at radius 3 is 2.57 bits per heavy atom. The van der Waals surface area contributed by atoms with E-state index in [9.17, 15) is 0 Å². The molecular weight excluding hydrogens is 240 g/mol. The maximum atomic E-state index is 5.90. The second-order valence-corrected chi connectivity index (χ2v) is 5.47. The lowest BCUT2D eigenvalue weighted by Crippen LogP contribution is -2.19. The summed E-state index contributed by atoms with van der Waals surface area (Å²) in [5.41, 5.74) is 7.93. The molecule has 0 saturated heterocycles. The van der Waals surface area contributed by atoms with Crippen LogP contribution < -0.4 is 11.1 Å². The molecule has 0 radical (unpaired) electrons. The first-order valence-electron chi connectivity index (χ1n) is 4.68. The number of benzene rings is 1. The molecule has 3 N–H and O–H groups in total. The van der Waals surface area contributed by atoms with E-state index >= 15 is 0 Å². The zero-order chi connectivity index (χ0) is 10.8. The lowest BCUT2D eigenvalue weighted by molar-refractivity contribution is 0.443. The van der Waals surface area contributed by atoms with Crippen LogP contribution in [0, 0.1) is 5.41 Å². The summed E-state index contributed by atoms with van der Waals surface area (Å²) in [6, 6.07) is 5.91. The molecule has 1 aromatic carbocycles. The third-order valence-corrected chi connectivity index (χ3v) is 2.55. The van der Waals surface area contributed by atoms with Gasteiger partial charge in [-0.3, -0.25) is 0 Å². The number of anilines is 2. The first kappa shape index (κ1) is 11.4. The van der Waals surface area contributed by atoms with E-state index in [1.165, 1.54) is 0 Å². The van der Waals surface area contributed by atoms with Gasteiger partial charge >= 0.3 is 0 Å². The predicted octanol–water partition coefficient (Wildman–Crippen LogP) is 3.49. The van der Waals surface area contributed by atoms with Crippen LogP contribution in [-0.2, 0) is 0 Å². The Morgan fingerprint density at radius 2 is 2.00 bits per heavy atom. The highest BCUT2D eigenvalue weighted by molar-refractivity contribution is 9.10. The highest BCUT2D eigenvalue weighted by atomic mass is 79.9. The largest absolute Gasteiger partial charge is 0.396 e. The van der Waals surface area contributed by atoms with Gasteiger partial charge in [0.25, 0.3) is 0 Å². The summed E-state index contributed by atoms with van der Waals surface area (Å²) in [6.07, 6.45) is 0. The fourth-order valence-electron chi connectivity index (χ4n) is 1.05. The number of hydrogen-bond acceptors (Lipinski definition) is 2. The number of nitrogen functional groups attached to an aromatic ring is 1. The number of nitrogens with two attached hydrogens (primary N) is 1. The minimum Gasteiger partial charge on any atom is -0.396 e. The average Bonchev–Trinajstić information content (AvgIpc) is 2.06. The highest BCUT2D eigenvalue weighted by Crippen LogP contribution is 2.28. The van der Waals surface area contributed by atoms with Crippen molar-refractivity contribution in [2.24, 2.45) is 5.41 Å². The molecule has 0 aliphatic heterocycles. The Bertz CT molecular complexity index is 316. The van der Waals surface area contributed by atoms with Crippen LogP contribution in [0.1, 0.15) is 20.8 Å². The SMILES string of the molecule is CC(C)(C)CNc1cccc(Br)c1N. The molecule has 2 nitrogen and oxygen atoms in total. The minimum atomic E-state index is 0.259. The molecule has 0 aromatic heterocycles. The first-order valence-corrected chi connectivity index (χ1v) is 5.47. The van der Waals surface area contributed by atoms with Crippen molar-refractivity contribution in [2.45, 2.75) is 20.8 Å². The van der Waals surface area contributed by atoms with Gasteiger partial charge in [0.1, 0.15) is 0 Å². The molecule has 0 amide bonds. The van der Waals surface area contributed by atoms with Crippen molar-refractivity contribution in [2.75, 3.05) is 17.6 Å². The number of nitrogens with one attached hydrogen (secondary N) is 1. The van der Waals surface area contributed by atoms with Crippen LogP contribution in [0.25, 0.3) is 0 Å². The van der Waals surface area contributed by atoms with E-state index in [1.807, 2.05) is 18.2 Å². The third kappa shape index (κ3) is 3.22. The zero-order valence-electron chi connectivity index (χ0n) is 8.89. The second kappa shape index (κ2) is 4.22. The van der Waals surface area contributed by atoms with Crippen LogP contribution in [-0.4, -0.2) is 6.54 Å². The monoisotopic (exact) mass is 256 g/mol. The maximum Gasteiger partial charge on any atom is 0.0694 e. The van der Waals surface area contributed by atoms with Gasteiger partial charge < -0.3 is 11.1 Å². The van der Waals surface area contributed by atoms with Crippen molar-refractivity contribution in [3.63, 3.8) is 0 Å². The Balaban J connectivity index is 2.73. The number of halogens is 1. The van der Waals surface area contributed by atoms with E-state index in [0.29, 0.717) is 0 Å². The van der Waals surface area contributed by atoms with Crippen molar-refractivity contribution < 1.29 is 0 Å². The van der Waals surface area contributed by atoms with E-state index in [4.69, 9.17) is 5.73 Å². The highest BCUT2D eigenvalue weighted by Gasteiger charge is 2.10. The van der Waals surface area contributed by atoms with Crippen LogP contribution in [0.15, 0.2) is 22.7 Å². The second-order valence-electron chi connectivity index (χ2n) is 4.62. The smallest absolute Gasteiger partial charge is 0.0694 e. The van der Waals surface area contributed by atoms with Gasteiger partial charge in [-0.25, -0.2) is 0 Å². The molecule has 0 spiro atoms. The molecule has 3 heteroatoms. The summed E-state index contributed by atoms with van der Waals surface area (Å²) >= 11 is 3.40. The molecule has 0 heterocycles. The van der Waals surface area contributed by atoms with Gasteiger partial charge in [-0.1, -0.05) is 26.8 Å². The Morgan fingerprint density at radius 1 is 1.36 bits per heavy atom. The summed E-state index contributed by atoms with van der Waals surface area (Å²) in [7, 11) is 0. The number of rotatable bonds is 2. The summed E-state index contributed by atoms with van der Waals surface area (Å²) in [6.45, 7) is 7.48. The summed E-state index contributed by atoms with van der Waals surface area (Å²) in [5, 5.41) is 3.34. The zero-order valence-corrected chi connectivity index (χ0v) is 10.5. The molecule has 14 heavy (non-hydrogen) atoms. The molecule has 1 rings (SSSR count). The number of para-hydroxylation sites is 1. The van der Waals surface area contributed by atoms with Gasteiger partial charge in [0.2, 0.25) is 0 Å². The molecule has 78 valence electrons. The van der Waals surface area contributed by atoms with Crippen molar-refractivity contribution in [3.8, 4) is 0 Å². The Labute approximate surface area is 94.0 Å². The summed E-state index contributed by atoms with van der Waals surface area (Å²) < 4.78 is 0.941. The summed E-state index contributed by atoms with van der Waals surface area (Å²) in [5.74, 6) is 0. The number of hydrogen-bond donors (Lipinski definition) is 2. The lowest BCUT2D eigenvalue weighted by Gasteiger charge is -2.20. The van der Waals surface area contributed by atoms with Crippen molar-refractivity contribution in [1.29, 1.82) is 0 Å². The van der Waals surface area contributed by atoms with Gasteiger partial charge in [-0.05, 0) is 33.5 Å². The topological polar surface area (TPSA) is 38.0 Å². The standard InChI is InChI=1S/C11H17BrN2/c1-11(2,3)7-14-9-6-4-5-8(12)10(9)13/h4-6,14H,7,13H2,1-3H3. The molecule has 0 atom stereocenters. The third-order valence-electron chi connectivity index (χ3n) is 1.86. The van der Waals surface area contributed by atoms with Crippen molar-refractivity contribution >= 4 is 27.3 Å². The molecule has 0 unspecified atom stereocenters. The van der Waals surface area contributed by atoms with E-state index in [1.54, 1.807) is 0 Å². The molecule has 0 bridgehead atoms. The van der Waals surface area contributed by atoms with Crippen molar-refractivity contribution in [1.82, 2.24) is 0 Å². The van der Waals surface area contributed by atoms with Gasteiger partial charge in [-0.2, -0.15) is 0 Å². The molecule has 0 saturated carbocycles. The van der Waals surface area contributed by atoms with Crippen LogP contribution >= 0.6 is 15.9 Å². The fourth-order valence-corrected chi connectivity index (χ4v) is 1.42. The van der Waals surface area contributed by atoms with Crippen molar-refractivity contribution in [3.05, 3.63) is 22.7 Å².